The second-order valence-electron chi connectivity index (χ2n) is 3.37. The fourth-order valence-corrected chi connectivity index (χ4v) is 2.94. The molecule has 0 N–H and O–H groups in total. The van der Waals surface area contributed by atoms with Crippen molar-refractivity contribution in [2.75, 3.05) is 11.5 Å². The monoisotopic (exact) mass is 205 g/mol. The zero-order valence-corrected chi connectivity index (χ0v) is 8.06. The van der Waals surface area contributed by atoms with Crippen LogP contribution in [-0.2, 0) is 9.84 Å². The number of halogens is 1. The zero-order valence-electron chi connectivity index (χ0n) is 7.24. The van der Waals surface area contributed by atoms with Gasteiger partial charge >= 0.3 is 0 Å². The molecule has 0 radical (unpaired) electrons. The maximum atomic E-state index is 13.2. The molecular weight excluding hydrogens is 193 g/mol. The van der Waals surface area contributed by atoms with E-state index in [2.05, 4.69) is 0 Å². The first-order valence-corrected chi connectivity index (χ1v) is 6.09. The lowest BCUT2D eigenvalue weighted by atomic mass is 9.96. The van der Waals surface area contributed by atoms with Crippen LogP contribution in [0.1, 0.15) is 19.3 Å². The zero-order chi connectivity index (χ0) is 9.90. The average Bonchev–Trinajstić information content (AvgIpc) is 2.18. The molecule has 1 fully saturated rings. The predicted octanol–water partition coefficient (Wildman–Crippen LogP) is 1.06. The van der Waals surface area contributed by atoms with Crippen molar-refractivity contribution < 1.29 is 12.8 Å². The van der Waals surface area contributed by atoms with Gasteiger partial charge in [0.1, 0.15) is 16.0 Å². The third-order valence-corrected chi connectivity index (χ3v) is 4.08. The Balaban J connectivity index is 2.66. The summed E-state index contributed by atoms with van der Waals surface area (Å²) in [7, 11) is -3.05. The van der Waals surface area contributed by atoms with Gasteiger partial charge in [-0.2, -0.15) is 5.26 Å². The molecule has 0 spiro atoms. The third kappa shape index (κ3) is 2.96. The maximum absolute atomic E-state index is 13.2. The van der Waals surface area contributed by atoms with Crippen LogP contribution in [-0.4, -0.2) is 26.1 Å². The quantitative estimate of drug-likeness (QED) is 0.643. The van der Waals surface area contributed by atoms with E-state index in [-0.39, 0.29) is 36.7 Å². The summed E-state index contributed by atoms with van der Waals surface area (Å²) in [5, 5.41) is 8.39. The van der Waals surface area contributed by atoms with Crippen LogP contribution in [0.3, 0.4) is 0 Å². The topological polar surface area (TPSA) is 57.9 Å². The SMILES string of the molecule is N#CC[C@@H]1CCS(=O)(=O)CC[C@H]1F. The van der Waals surface area contributed by atoms with Crippen molar-refractivity contribution in [2.24, 2.45) is 5.92 Å². The third-order valence-electron chi connectivity index (χ3n) is 2.37. The van der Waals surface area contributed by atoms with Gasteiger partial charge in [-0.05, 0) is 12.8 Å². The van der Waals surface area contributed by atoms with Gasteiger partial charge in [-0.25, -0.2) is 12.8 Å². The second kappa shape index (κ2) is 4.05. The first-order chi connectivity index (χ1) is 6.05. The Hall–Kier alpha value is -0.630. The minimum absolute atomic E-state index is 0.0275. The highest BCUT2D eigenvalue weighted by molar-refractivity contribution is 7.91. The van der Waals surface area contributed by atoms with Crippen molar-refractivity contribution >= 4 is 9.84 Å². The highest BCUT2D eigenvalue weighted by Crippen LogP contribution is 2.24. The number of hydrogen-bond acceptors (Lipinski definition) is 3. The predicted molar refractivity (Wildman–Crippen MR) is 46.5 cm³/mol. The van der Waals surface area contributed by atoms with Crippen molar-refractivity contribution in [3.8, 4) is 6.07 Å². The molecule has 5 heteroatoms. The number of alkyl halides is 1. The van der Waals surface area contributed by atoms with Crippen molar-refractivity contribution in [3.63, 3.8) is 0 Å². The van der Waals surface area contributed by atoms with E-state index in [0.717, 1.165) is 0 Å². The lowest BCUT2D eigenvalue weighted by molar-refractivity contribution is 0.223. The number of sulfone groups is 1. The Bertz CT molecular complexity index is 307. The second-order valence-corrected chi connectivity index (χ2v) is 5.67. The van der Waals surface area contributed by atoms with Gasteiger partial charge in [0.15, 0.2) is 0 Å². The fourth-order valence-electron chi connectivity index (χ4n) is 1.49. The first-order valence-electron chi connectivity index (χ1n) is 4.26. The molecule has 0 amide bonds. The van der Waals surface area contributed by atoms with Gasteiger partial charge < -0.3 is 0 Å². The summed E-state index contributed by atoms with van der Waals surface area (Å²) in [6, 6.07) is 1.89. The molecule has 0 aromatic heterocycles. The molecule has 1 saturated heterocycles. The summed E-state index contributed by atoms with van der Waals surface area (Å²) < 4.78 is 35.5. The maximum Gasteiger partial charge on any atom is 0.150 e. The normalized spacial score (nSPS) is 33.2. The Labute approximate surface area is 77.5 Å². The van der Waals surface area contributed by atoms with Crippen LogP contribution in [0, 0.1) is 17.2 Å². The van der Waals surface area contributed by atoms with Crippen LogP contribution < -0.4 is 0 Å². The van der Waals surface area contributed by atoms with Gasteiger partial charge in [-0.15, -0.1) is 0 Å². The molecule has 74 valence electrons. The molecule has 0 saturated carbocycles. The van der Waals surface area contributed by atoms with E-state index in [9.17, 15) is 12.8 Å². The molecule has 13 heavy (non-hydrogen) atoms. The standard InChI is InChI=1S/C8H12FNO2S/c9-8-3-6-13(11,12)5-2-7(8)1-4-10/h7-8H,1-3,5-6H2/t7-,8-/m1/s1. The lowest BCUT2D eigenvalue weighted by Gasteiger charge is -2.12. The Morgan fingerprint density at radius 3 is 2.62 bits per heavy atom. The number of nitriles is 1. The molecule has 1 heterocycles. The lowest BCUT2D eigenvalue weighted by Crippen LogP contribution is -2.14. The molecule has 0 unspecified atom stereocenters. The summed E-state index contributed by atoms with van der Waals surface area (Å²) in [4.78, 5) is 0. The van der Waals surface area contributed by atoms with Crippen LogP contribution in [0.2, 0.25) is 0 Å². The molecule has 1 aliphatic heterocycles. The van der Waals surface area contributed by atoms with E-state index in [0.29, 0.717) is 0 Å². The van der Waals surface area contributed by atoms with Crippen LogP contribution in [0.25, 0.3) is 0 Å². The Morgan fingerprint density at radius 1 is 1.38 bits per heavy atom. The van der Waals surface area contributed by atoms with Gasteiger partial charge in [0.2, 0.25) is 0 Å². The van der Waals surface area contributed by atoms with Crippen molar-refractivity contribution in [1.82, 2.24) is 0 Å². The van der Waals surface area contributed by atoms with Gasteiger partial charge in [0.05, 0.1) is 17.6 Å². The first kappa shape index (κ1) is 10.5. The summed E-state index contributed by atoms with van der Waals surface area (Å²) >= 11 is 0. The van der Waals surface area contributed by atoms with Crippen LogP contribution in [0.15, 0.2) is 0 Å². The summed E-state index contributed by atoms with van der Waals surface area (Å²) in [6.45, 7) is 0. The molecule has 0 bridgehead atoms. The van der Waals surface area contributed by atoms with Crippen molar-refractivity contribution in [3.05, 3.63) is 0 Å². The molecule has 2 atom stereocenters. The number of rotatable bonds is 1. The minimum Gasteiger partial charge on any atom is -0.247 e. The molecule has 1 aliphatic rings. The summed E-state index contributed by atoms with van der Waals surface area (Å²) in [6.07, 6.45) is -0.667. The molecule has 0 aromatic rings. The summed E-state index contributed by atoms with van der Waals surface area (Å²) in [5.41, 5.74) is 0. The highest BCUT2D eigenvalue weighted by Gasteiger charge is 2.28. The minimum atomic E-state index is -3.05. The van der Waals surface area contributed by atoms with Crippen molar-refractivity contribution in [2.45, 2.75) is 25.4 Å². The van der Waals surface area contributed by atoms with E-state index >= 15 is 0 Å². The Morgan fingerprint density at radius 2 is 2.00 bits per heavy atom. The molecular formula is C8H12FNO2S. The average molecular weight is 205 g/mol. The van der Waals surface area contributed by atoms with Gasteiger partial charge in [-0.3, -0.25) is 0 Å². The highest BCUT2D eigenvalue weighted by atomic mass is 32.2. The van der Waals surface area contributed by atoms with E-state index in [1.165, 1.54) is 0 Å². The van der Waals surface area contributed by atoms with Crippen LogP contribution in [0.5, 0.6) is 0 Å². The smallest absolute Gasteiger partial charge is 0.150 e. The molecule has 0 aliphatic carbocycles. The van der Waals surface area contributed by atoms with E-state index in [1.807, 2.05) is 6.07 Å². The molecule has 1 rings (SSSR count). The van der Waals surface area contributed by atoms with E-state index in [4.69, 9.17) is 5.26 Å². The molecule has 3 nitrogen and oxygen atoms in total. The molecule has 0 aromatic carbocycles. The van der Waals surface area contributed by atoms with E-state index < -0.39 is 16.0 Å². The van der Waals surface area contributed by atoms with Gasteiger partial charge in [0, 0.05) is 12.3 Å². The number of hydrogen-bond donors (Lipinski definition) is 0. The van der Waals surface area contributed by atoms with Gasteiger partial charge in [-0.1, -0.05) is 0 Å². The Kier molecular flexibility index (Phi) is 3.26. The van der Waals surface area contributed by atoms with Crippen LogP contribution in [0.4, 0.5) is 4.39 Å². The van der Waals surface area contributed by atoms with Crippen LogP contribution >= 0.6 is 0 Å². The van der Waals surface area contributed by atoms with E-state index in [1.54, 1.807) is 0 Å². The summed E-state index contributed by atoms with van der Waals surface area (Å²) in [5.74, 6) is -0.433. The number of nitrogens with zero attached hydrogens (tertiary/aromatic N) is 1. The van der Waals surface area contributed by atoms with Crippen molar-refractivity contribution in [1.29, 1.82) is 5.26 Å². The largest absolute Gasteiger partial charge is 0.247 e. The fraction of sp³-hybridized carbons (Fsp3) is 0.875. The van der Waals surface area contributed by atoms with Gasteiger partial charge in [0.25, 0.3) is 0 Å².